The SMILES string of the molecule is N#CCc1cc(C#N)c(C#N)c(C#N)c1C#N. The van der Waals surface area contributed by atoms with E-state index in [0.29, 0.717) is 5.56 Å². The first-order valence-corrected chi connectivity index (χ1v) is 4.40. The van der Waals surface area contributed by atoms with Gasteiger partial charge in [0, 0.05) is 0 Å². The van der Waals surface area contributed by atoms with Gasteiger partial charge in [0.15, 0.2) is 0 Å². The molecule has 0 saturated heterocycles. The fourth-order valence-corrected chi connectivity index (χ4v) is 1.41. The Morgan fingerprint density at radius 2 is 1.35 bits per heavy atom. The monoisotopic (exact) mass is 217 g/mol. The topological polar surface area (TPSA) is 119 Å². The number of benzene rings is 1. The first-order valence-electron chi connectivity index (χ1n) is 4.40. The van der Waals surface area contributed by atoms with Gasteiger partial charge in [-0.25, -0.2) is 0 Å². The van der Waals surface area contributed by atoms with Gasteiger partial charge >= 0.3 is 0 Å². The Hall–Kier alpha value is -3.33. The Morgan fingerprint density at radius 1 is 0.765 bits per heavy atom. The van der Waals surface area contributed by atoms with Crippen molar-refractivity contribution in [3.63, 3.8) is 0 Å². The molecular formula is C12H3N5. The quantitative estimate of drug-likeness (QED) is 0.700. The Bertz CT molecular complexity index is 681. The first-order chi connectivity index (χ1) is 8.23. The molecule has 76 valence electrons. The third kappa shape index (κ3) is 1.88. The molecule has 0 fully saturated rings. The zero-order chi connectivity index (χ0) is 12.8. The highest BCUT2D eigenvalue weighted by molar-refractivity contribution is 5.64. The van der Waals surface area contributed by atoms with E-state index in [-0.39, 0.29) is 28.7 Å². The fourth-order valence-electron chi connectivity index (χ4n) is 1.41. The first kappa shape index (κ1) is 11.7. The second kappa shape index (κ2) is 4.95. The summed E-state index contributed by atoms with van der Waals surface area (Å²) in [5.41, 5.74) is 0.0348. The summed E-state index contributed by atoms with van der Waals surface area (Å²) in [6.45, 7) is 0. The highest BCUT2D eigenvalue weighted by Gasteiger charge is 2.17. The molecule has 5 nitrogen and oxygen atoms in total. The summed E-state index contributed by atoms with van der Waals surface area (Å²) in [5.74, 6) is 0. The molecule has 0 aliphatic carbocycles. The van der Waals surface area contributed by atoms with Crippen LogP contribution in [0.2, 0.25) is 0 Å². The van der Waals surface area contributed by atoms with Gasteiger partial charge in [0.1, 0.15) is 24.3 Å². The van der Waals surface area contributed by atoms with Crippen molar-refractivity contribution in [2.75, 3.05) is 0 Å². The van der Waals surface area contributed by atoms with Crippen LogP contribution in [0.15, 0.2) is 6.07 Å². The number of nitriles is 5. The van der Waals surface area contributed by atoms with Gasteiger partial charge in [0.05, 0.1) is 34.7 Å². The van der Waals surface area contributed by atoms with Crippen molar-refractivity contribution in [2.45, 2.75) is 6.42 Å². The zero-order valence-corrected chi connectivity index (χ0v) is 8.52. The number of rotatable bonds is 1. The molecule has 0 heterocycles. The van der Waals surface area contributed by atoms with Crippen LogP contribution < -0.4 is 0 Å². The number of hydrogen-bond donors (Lipinski definition) is 0. The molecule has 0 aliphatic rings. The van der Waals surface area contributed by atoms with Crippen molar-refractivity contribution in [2.24, 2.45) is 0 Å². The standard InChI is InChI=1S/C12H3N5/c13-2-1-8-3-9(4-14)11(6-16)12(7-17)10(8)5-15/h3H,1H2. The number of nitrogens with zero attached hydrogens (tertiary/aromatic N) is 5. The Morgan fingerprint density at radius 3 is 1.76 bits per heavy atom. The Kier molecular flexibility index (Phi) is 3.42. The second-order valence-corrected chi connectivity index (χ2v) is 2.99. The molecule has 0 amide bonds. The average Bonchev–Trinajstić information content (AvgIpc) is 2.37. The molecule has 0 spiro atoms. The molecule has 0 saturated carbocycles. The number of hydrogen-bond acceptors (Lipinski definition) is 5. The lowest BCUT2D eigenvalue weighted by molar-refractivity contribution is 1.22. The molecular weight excluding hydrogens is 214 g/mol. The van der Waals surface area contributed by atoms with Crippen LogP contribution >= 0.6 is 0 Å². The van der Waals surface area contributed by atoms with Crippen LogP contribution in [0.3, 0.4) is 0 Å². The molecule has 0 radical (unpaired) electrons. The van der Waals surface area contributed by atoms with E-state index in [2.05, 4.69) is 0 Å². The summed E-state index contributed by atoms with van der Waals surface area (Å²) in [6, 6.07) is 10.2. The Balaban J connectivity index is 3.81. The highest BCUT2D eigenvalue weighted by Crippen LogP contribution is 2.22. The predicted octanol–water partition coefficient (Wildman–Crippen LogP) is 1.24. The molecule has 5 heteroatoms. The summed E-state index contributed by atoms with van der Waals surface area (Å²) >= 11 is 0. The minimum Gasteiger partial charge on any atom is -0.198 e. The van der Waals surface area contributed by atoms with E-state index in [1.54, 1.807) is 24.3 Å². The van der Waals surface area contributed by atoms with Gasteiger partial charge in [-0.15, -0.1) is 0 Å². The average molecular weight is 217 g/mol. The van der Waals surface area contributed by atoms with Crippen molar-refractivity contribution in [1.29, 1.82) is 26.3 Å². The van der Waals surface area contributed by atoms with E-state index in [0.717, 1.165) is 0 Å². The van der Waals surface area contributed by atoms with Crippen LogP contribution in [0.4, 0.5) is 0 Å². The van der Waals surface area contributed by atoms with Crippen molar-refractivity contribution in [1.82, 2.24) is 0 Å². The van der Waals surface area contributed by atoms with Gasteiger partial charge < -0.3 is 0 Å². The predicted molar refractivity (Wildman–Crippen MR) is 54.6 cm³/mol. The molecule has 0 N–H and O–H groups in total. The van der Waals surface area contributed by atoms with E-state index in [9.17, 15) is 0 Å². The molecule has 1 aromatic rings. The van der Waals surface area contributed by atoms with Crippen molar-refractivity contribution >= 4 is 0 Å². The van der Waals surface area contributed by atoms with Gasteiger partial charge in [-0.1, -0.05) is 0 Å². The van der Waals surface area contributed by atoms with Gasteiger partial charge in [-0.2, -0.15) is 26.3 Å². The molecule has 0 aromatic heterocycles. The van der Waals surface area contributed by atoms with Crippen LogP contribution in [0.1, 0.15) is 27.8 Å². The van der Waals surface area contributed by atoms with Crippen LogP contribution in [0.5, 0.6) is 0 Å². The molecule has 0 bridgehead atoms. The normalized spacial score (nSPS) is 7.94. The van der Waals surface area contributed by atoms with Gasteiger partial charge in [0.2, 0.25) is 0 Å². The maximum atomic E-state index is 8.94. The second-order valence-electron chi connectivity index (χ2n) is 2.99. The van der Waals surface area contributed by atoms with Gasteiger partial charge in [-0.3, -0.25) is 0 Å². The third-order valence-corrected chi connectivity index (χ3v) is 2.13. The lowest BCUT2D eigenvalue weighted by Crippen LogP contribution is -2.00. The summed E-state index contributed by atoms with van der Waals surface area (Å²) in [4.78, 5) is 0. The molecule has 0 unspecified atom stereocenters. The van der Waals surface area contributed by atoms with E-state index in [1.807, 2.05) is 6.07 Å². The van der Waals surface area contributed by atoms with Crippen LogP contribution in [0.25, 0.3) is 0 Å². The third-order valence-electron chi connectivity index (χ3n) is 2.13. The molecule has 1 rings (SSSR count). The van der Waals surface area contributed by atoms with Crippen LogP contribution in [0, 0.1) is 56.7 Å². The Labute approximate surface area is 97.6 Å². The van der Waals surface area contributed by atoms with E-state index >= 15 is 0 Å². The van der Waals surface area contributed by atoms with Gasteiger partial charge in [-0.05, 0) is 11.6 Å². The molecule has 0 aliphatic heterocycles. The van der Waals surface area contributed by atoms with Crippen molar-refractivity contribution in [3.8, 4) is 30.3 Å². The maximum Gasteiger partial charge on any atom is 0.102 e. The summed E-state index contributed by atoms with van der Waals surface area (Å²) in [5, 5.41) is 44.2. The molecule has 17 heavy (non-hydrogen) atoms. The van der Waals surface area contributed by atoms with E-state index in [4.69, 9.17) is 26.3 Å². The molecule has 1 aromatic carbocycles. The van der Waals surface area contributed by atoms with E-state index < -0.39 is 0 Å². The largest absolute Gasteiger partial charge is 0.198 e. The summed E-state index contributed by atoms with van der Waals surface area (Å²) in [7, 11) is 0. The highest BCUT2D eigenvalue weighted by atomic mass is 14.3. The summed E-state index contributed by atoms with van der Waals surface area (Å²) in [6.07, 6.45) is -0.0854. The van der Waals surface area contributed by atoms with E-state index in [1.165, 1.54) is 6.07 Å². The lowest BCUT2D eigenvalue weighted by Gasteiger charge is -2.04. The lowest BCUT2D eigenvalue weighted by atomic mass is 9.92. The van der Waals surface area contributed by atoms with Gasteiger partial charge in [0.25, 0.3) is 0 Å². The minimum absolute atomic E-state index is 0.00769. The van der Waals surface area contributed by atoms with Crippen molar-refractivity contribution in [3.05, 3.63) is 33.9 Å². The summed E-state index contributed by atoms with van der Waals surface area (Å²) < 4.78 is 0. The minimum atomic E-state index is -0.140. The maximum absolute atomic E-state index is 8.94. The van der Waals surface area contributed by atoms with Crippen LogP contribution in [-0.2, 0) is 6.42 Å². The smallest absolute Gasteiger partial charge is 0.102 e. The zero-order valence-electron chi connectivity index (χ0n) is 8.52. The fraction of sp³-hybridized carbons (Fsp3) is 0.0833. The molecule has 0 atom stereocenters. The van der Waals surface area contributed by atoms with Crippen LogP contribution in [-0.4, -0.2) is 0 Å². The van der Waals surface area contributed by atoms with Crippen molar-refractivity contribution < 1.29 is 0 Å².